The Bertz CT molecular complexity index is 98.0. The van der Waals surface area contributed by atoms with Gasteiger partial charge in [-0.2, -0.15) is 6.08 Å². The second-order valence-electron chi connectivity index (χ2n) is 1.47. The summed E-state index contributed by atoms with van der Waals surface area (Å²) in [7, 11) is 0. The van der Waals surface area contributed by atoms with Crippen molar-refractivity contribution in [3.63, 3.8) is 0 Å². The summed E-state index contributed by atoms with van der Waals surface area (Å²) in [6.07, 6.45) is 8.33. The molecule has 0 saturated heterocycles. The fraction of sp³-hybridized carbons (Fsp3) is 0.333. The van der Waals surface area contributed by atoms with Crippen LogP contribution < -0.4 is 0 Å². The molecule has 0 fully saturated rings. The molecule has 0 spiro atoms. The van der Waals surface area contributed by atoms with E-state index in [2.05, 4.69) is 25.2 Å². The summed E-state index contributed by atoms with van der Waals surface area (Å²) >= 11 is 0. The second-order valence-corrected chi connectivity index (χ2v) is 1.47. The van der Waals surface area contributed by atoms with Crippen LogP contribution >= 0.6 is 0 Å². The molecule has 0 unspecified atom stereocenters. The summed E-state index contributed by atoms with van der Waals surface area (Å²) in [5, 5.41) is 0. The molecule has 0 bridgehead atoms. The summed E-state index contributed by atoms with van der Waals surface area (Å²) in [6, 6.07) is 0. The Labute approximate surface area is 63.1 Å². The summed E-state index contributed by atoms with van der Waals surface area (Å²) in [5.74, 6) is 0. The van der Waals surface area contributed by atoms with Gasteiger partial charge in [-0.15, -0.1) is 6.42 Å². The van der Waals surface area contributed by atoms with E-state index in [1.54, 1.807) is 0 Å². The van der Waals surface area contributed by atoms with Gasteiger partial charge in [0.15, 0.2) is 0 Å². The van der Waals surface area contributed by atoms with E-state index in [-0.39, 0.29) is 25.8 Å². The first-order chi connectivity index (χ1) is 2.89. The van der Waals surface area contributed by atoms with E-state index in [4.69, 9.17) is 0 Å². The van der Waals surface area contributed by atoms with Crippen molar-refractivity contribution in [1.82, 2.24) is 0 Å². The summed E-state index contributed by atoms with van der Waals surface area (Å²) in [4.78, 5) is 0. The van der Waals surface area contributed by atoms with Gasteiger partial charge in [0, 0.05) is 25.8 Å². The van der Waals surface area contributed by atoms with Crippen LogP contribution in [0.3, 0.4) is 0 Å². The Balaban J connectivity index is 0.000000360. The minimum atomic E-state index is 0. The smallest absolute Gasteiger partial charge is 0 e. The van der Waals surface area contributed by atoms with E-state index in [0.717, 1.165) is 6.42 Å². The molecule has 0 radical (unpaired) electrons. The first kappa shape index (κ1) is 7.35. The monoisotopic (exact) mass is 259 g/mol. The molecule has 0 aromatic carbocycles. The van der Waals surface area contributed by atoms with Crippen LogP contribution in [0.15, 0.2) is 17.7 Å². The Morgan fingerprint density at radius 2 is 2.43 bits per heavy atom. The van der Waals surface area contributed by atoms with E-state index >= 15 is 0 Å². The molecule has 0 amide bonds. The molecule has 0 heterocycles. The van der Waals surface area contributed by atoms with Crippen LogP contribution in [0.1, 0.15) is 13.3 Å². The molecule has 0 N–H and O–H groups in total. The van der Waals surface area contributed by atoms with Crippen LogP contribution in [-0.2, 0) is 25.8 Å². The Morgan fingerprint density at radius 3 is 2.57 bits per heavy atom. The van der Waals surface area contributed by atoms with Gasteiger partial charge in [-0.1, -0.05) is 6.92 Å². The van der Waals surface area contributed by atoms with Crippen molar-refractivity contribution in [2.45, 2.75) is 13.3 Å². The average molecular weight is 258 g/mol. The number of allylic oxidation sites excluding steroid dienone is 4. The van der Waals surface area contributed by atoms with Crippen LogP contribution in [0.5, 0.6) is 0 Å². The van der Waals surface area contributed by atoms with Gasteiger partial charge in [-0.3, -0.25) is 6.08 Å². The molecular weight excluding hydrogens is 251 g/mol. The van der Waals surface area contributed by atoms with Crippen molar-refractivity contribution < 1.29 is 25.8 Å². The molecule has 0 saturated carbocycles. The molecule has 36 valence electrons. The minimum absolute atomic E-state index is 0. The van der Waals surface area contributed by atoms with Gasteiger partial charge in [0.2, 0.25) is 0 Å². The van der Waals surface area contributed by atoms with Crippen molar-refractivity contribution in [3.05, 3.63) is 23.8 Å². The van der Waals surface area contributed by atoms with E-state index in [1.807, 2.05) is 0 Å². The van der Waals surface area contributed by atoms with Crippen molar-refractivity contribution in [2.24, 2.45) is 0 Å². The maximum Gasteiger partial charge on any atom is 0 e. The number of hydrogen-bond acceptors (Lipinski definition) is 0. The number of rotatable bonds is 0. The molecule has 0 nitrogen and oxygen atoms in total. The van der Waals surface area contributed by atoms with E-state index in [9.17, 15) is 0 Å². The van der Waals surface area contributed by atoms with Gasteiger partial charge >= 0.3 is 0 Å². The van der Waals surface area contributed by atoms with E-state index in [1.165, 1.54) is 5.57 Å². The predicted octanol–water partition coefficient (Wildman–Crippen LogP) is 1.69. The third-order valence-electron chi connectivity index (χ3n) is 0.867. The normalized spacial score (nSPS) is 15.9. The molecule has 0 aliphatic heterocycles. The second kappa shape index (κ2) is 3.36. The summed E-state index contributed by atoms with van der Waals surface area (Å²) < 4.78 is 0. The zero-order valence-electron chi connectivity index (χ0n) is 4.36. The third kappa shape index (κ3) is 2.22. The maximum absolute atomic E-state index is 3.12. The Kier molecular flexibility index (Phi) is 3.53. The first-order valence-electron chi connectivity index (χ1n) is 2.13. The fourth-order valence-electron chi connectivity index (χ4n) is 0.515. The van der Waals surface area contributed by atoms with Gasteiger partial charge in [0.1, 0.15) is 0 Å². The molecule has 1 rings (SSSR count). The largest absolute Gasteiger partial charge is 0.270 e. The van der Waals surface area contributed by atoms with Crippen LogP contribution in [0.4, 0.5) is 0 Å². The standard InChI is InChI=1S/C6H7.Hf/c1-6-4-2-3-5-6;/h2,4H,3H2,1H3;/q-1;. The van der Waals surface area contributed by atoms with Crippen molar-refractivity contribution in [1.29, 1.82) is 0 Å². The van der Waals surface area contributed by atoms with Gasteiger partial charge in [-0.25, -0.2) is 11.6 Å². The fourth-order valence-corrected chi connectivity index (χ4v) is 0.515. The van der Waals surface area contributed by atoms with Crippen LogP contribution in [0.25, 0.3) is 0 Å². The minimum Gasteiger partial charge on any atom is -0.270 e. The molecule has 1 heteroatoms. The molecule has 1 aliphatic rings. The van der Waals surface area contributed by atoms with E-state index < -0.39 is 0 Å². The summed E-state index contributed by atoms with van der Waals surface area (Å²) in [5.41, 5.74) is 1.27. The quantitative estimate of drug-likeness (QED) is 0.458. The van der Waals surface area contributed by atoms with E-state index in [0.29, 0.717) is 0 Å². The molecular formula is C6H7Hf-. The predicted molar refractivity (Wildman–Crippen MR) is 26.2 cm³/mol. The average Bonchev–Trinajstić information content (AvgIpc) is 1.86. The Morgan fingerprint density at radius 1 is 1.71 bits per heavy atom. The maximum atomic E-state index is 3.12. The van der Waals surface area contributed by atoms with Gasteiger partial charge in [-0.05, 0) is 0 Å². The first-order valence-corrected chi connectivity index (χ1v) is 2.13. The molecule has 7 heavy (non-hydrogen) atoms. The van der Waals surface area contributed by atoms with Gasteiger partial charge in [0.25, 0.3) is 0 Å². The van der Waals surface area contributed by atoms with Crippen LogP contribution in [0.2, 0.25) is 0 Å². The Hall–Kier alpha value is 0.350. The zero-order chi connectivity index (χ0) is 4.41. The van der Waals surface area contributed by atoms with Crippen molar-refractivity contribution >= 4 is 0 Å². The molecule has 0 aromatic heterocycles. The van der Waals surface area contributed by atoms with Gasteiger partial charge < -0.3 is 0 Å². The van der Waals surface area contributed by atoms with Gasteiger partial charge in [0.05, 0.1) is 0 Å². The zero-order valence-corrected chi connectivity index (χ0v) is 7.95. The molecule has 0 atom stereocenters. The molecule has 1 aliphatic carbocycles. The summed E-state index contributed by atoms with van der Waals surface area (Å²) in [6.45, 7) is 2.06. The van der Waals surface area contributed by atoms with Crippen molar-refractivity contribution in [3.8, 4) is 0 Å². The SMILES string of the molecule is CC1=[C-]CC=C1.[Hf]. The third-order valence-corrected chi connectivity index (χ3v) is 0.867. The van der Waals surface area contributed by atoms with Crippen LogP contribution in [0, 0.1) is 6.08 Å². The van der Waals surface area contributed by atoms with Crippen LogP contribution in [-0.4, -0.2) is 0 Å². The number of hydrogen-bond donors (Lipinski definition) is 0. The topological polar surface area (TPSA) is 0 Å². The van der Waals surface area contributed by atoms with Crippen molar-refractivity contribution in [2.75, 3.05) is 0 Å². The molecule has 0 aromatic rings.